The van der Waals surface area contributed by atoms with E-state index in [1.807, 2.05) is 6.92 Å². The third-order valence-corrected chi connectivity index (χ3v) is 2.86. The van der Waals surface area contributed by atoms with Crippen LogP contribution >= 0.6 is 0 Å². The fourth-order valence-corrected chi connectivity index (χ4v) is 1.55. The number of hydrogen-bond acceptors (Lipinski definition) is 6. The molecule has 0 aromatic carbocycles. The Labute approximate surface area is 116 Å². The molecule has 0 radical (unpaired) electrons. The van der Waals surface area contributed by atoms with Gasteiger partial charge in [-0.1, -0.05) is 12.1 Å². The van der Waals surface area contributed by atoms with E-state index in [0.717, 1.165) is 5.56 Å². The first kappa shape index (κ1) is 14.3. The molecule has 0 aliphatic heterocycles. The fourth-order valence-electron chi connectivity index (χ4n) is 1.55. The lowest BCUT2D eigenvalue weighted by atomic mass is 10.2. The number of aromatic nitrogens is 2. The van der Waals surface area contributed by atoms with Gasteiger partial charge in [0.1, 0.15) is 6.26 Å². The van der Waals surface area contributed by atoms with E-state index in [1.54, 1.807) is 6.07 Å². The second kappa shape index (κ2) is 6.85. The van der Waals surface area contributed by atoms with Crippen LogP contribution in [0, 0.1) is 5.92 Å². The van der Waals surface area contributed by atoms with Crippen molar-refractivity contribution in [2.45, 2.75) is 19.8 Å². The minimum atomic E-state index is -0.0478. The van der Waals surface area contributed by atoms with Crippen molar-refractivity contribution in [3.05, 3.63) is 24.5 Å². The zero-order valence-electron chi connectivity index (χ0n) is 11.3. The summed E-state index contributed by atoms with van der Waals surface area (Å²) in [5.74, 6) is 1.12. The van der Waals surface area contributed by atoms with Gasteiger partial charge in [-0.05, 0) is 18.5 Å². The lowest BCUT2D eigenvalue weighted by molar-refractivity contribution is -0.121. The standard InChI is InChI=1S/C13H18N4O3/c1-9(6-14)7-15-11(18)2-3-12-16-13(17-20-12)10-4-5-19-8-10/h4-5,8-9H,2-3,6-7,14H2,1H3,(H,15,18). The van der Waals surface area contributed by atoms with Gasteiger partial charge in [0.05, 0.1) is 11.8 Å². The molecule has 3 N–H and O–H groups in total. The molecule has 0 aliphatic rings. The first-order valence-corrected chi connectivity index (χ1v) is 6.51. The molecule has 2 heterocycles. The van der Waals surface area contributed by atoms with Crippen LogP contribution in [0.25, 0.3) is 11.4 Å². The summed E-state index contributed by atoms with van der Waals surface area (Å²) in [5, 5.41) is 6.64. The first-order chi connectivity index (χ1) is 9.69. The summed E-state index contributed by atoms with van der Waals surface area (Å²) in [4.78, 5) is 15.8. The van der Waals surface area contributed by atoms with Gasteiger partial charge in [0.25, 0.3) is 0 Å². The monoisotopic (exact) mass is 278 g/mol. The van der Waals surface area contributed by atoms with Gasteiger partial charge in [-0.2, -0.15) is 4.98 Å². The Morgan fingerprint density at radius 2 is 2.40 bits per heavy atom. The highest BCUT2D eigenvalue weighted by Gasteiger charge is 2.11. The Bertz CT molecular complexity index is 536. The average molecular weight is 278 g/mol. The zero-order chi connectivity index (χ0) is 14.4. The second-order valence-corrected chi connectivity index (χ2v) is 4.67. The van der Waals surface area contributed by atoms with Crippen molar-refractivity contribution < 1.29 is 13.7 Å². The number of carbonyl (C=O) groups excluding carboxylic acids is 1. The number of amides is 1. The smallest absolute Gasteiger partial charge is 0.227 e. The van der Waals surface area contributed by atoms with Gasteiger partial charge < -0.3 is 20.0 Å². The molecule has 20 heavy (non-hydrogen) atoms. The molecule has 0 fully saturated rings. The zero-order valence-corrected chi connectivity index (χ0v) is 11.3. The van der Waals surface area contributed by atoms with Crippen LogP contribution in [0.15, 0.2) is 27.5 Å². The van der Waals surface area contributed by atoms with Gasteiger partial charge in [-0.25, -0.2) is 0 Å². The number of rotatable bonds is 7. The van der Waals surface area contributed by atoms with Crippen LogP contribution in [0.2, 0.25) is 0 Å². The second-order valence-electron chi connectivity index (χ2n) is 4.67. The predicted molar refractivity (Wildman–Crippen MR) is 71.5 cm³/mol. The van der Waals surface area contributed by atoms with E-state index in [-0.39, 0.29) is 11.8 Å². The van der Waals surface area contributed by atoms with Crippen molar-refractivity contribution in [2.24, 2.45) is 11.7 Å². The minimum Gasteiger partial charge on any atom is -0.472 e. The normalized spacial score (nSPS) is 12.3. The minimum absolute atomic E-state index is 0.0478. The van der Waals surface area contributed by atoms with Crippen LogP contribution in [0.1, 0.15) is 19.2 Å². The highest BCUT2D eigenvalue weighted by molar-refractivity contribution is 5.76. The van der Waals surface area contributed by atoms with Crippen LogP contribution in [0.4, 0.5) is 0 Å². The summed E-state index contributed by atoms with van der Waals surface area (Å²) >= 11 is 0. The molecule has 0 saturated heterocycles. The fraction of sp³-hybridized carbons (Fsp3) is 0.462. The maximum atomic E-state index is 11.6. The number of aryl methyl sites for hydroxylation is 1. The van der Waals surface area contributed by atoms with E-state index in [0.29, 0.717) is 37.6 Å². The van der Waals surface area contributed by atoms with Crippen LogP contribution in [0.5, 0.6) is 0 Å². The van der Waals surface area contributed by atoms with Crippen LogP contribution in [0.3, 0.4) is 0 Å². The number of nitrogens with zero attached hydrogens (tertiary/aromatic N) is 2. The first-order valence-electron chi connectivity index (χ1n) is 6.51. The number of hydrogen-bond donors (Lipinski definition) is 2. The van der Waals surface area contributed by atoms with E-state index in [9.17, 15) is 4.79 Å². The Kier molecular flexibility index (Phi) is 4.89. The van der Waals surface area contributed by atoms with Gasteiger partial charge in [0.15, 0.2) is 0 Å². The van der Waals surface area contributed by atoms with Gasteiger partial charge in [0.2, 0.25) is 17.6 Å². The molecule has 108 valence electrons. The third kappa shape index (κ3) is 3.92. The molecular formula is C13H18N4O3. The van der Waals surface area contributed by atoms with Crippen molar-refractivity contribution in [3.8, 4) is 11.4 Å². The van der Waals surface area contributed by atoms with E-state index < -0.39 is 0 Å². The molecule has 2 rings (SSSR count). The molecule has 1 amide bonds. The van der Waals surface area contributed by atoms with Crippen molar-refractivity contribution >= 4 is 5.91 Å². The Morgan fingerprint density at radius 1 is 1.55 bits per heavy atom. The average Bonchev–Trinajstić information content (AvgIpc) is 3.12. The summed E-state index contributed by atoms with van der Waals surface area (Å²) in [6.07, 6.45) is 3.80. The van der Waals surface area contributed by atoms with Gasteiger partial charge in [0, 0.05) is 19.4 Å². The maximum absolute atomic E-state index is 11.6. The highest BCUT2D eigenvalue weighted by atomic mass is 16.5. The van der Waals surface area contributed by atoms with Crippen LogP contribution in [-0.2, 0) is 11.2 Å². The van der Waals surface area contributed by atoms with Crippen LogP contribution in [-0.4, -0.2) is 29.1 Å². The van der Waals surface area contributed by atoms with Crippen molar-refractivity contribution in [1.29, 1.82) is 0 Å². The molecule has 2 aromatic heterocycles. The summed E-state index contributed by atoms with van der Waals surface area (Å²) in [6.45, 7) is 3.12. The van der Waals surface area contributed by atoms with Gasteiger partial charge in [-0.3, -0.25) is 4.79 Å². The molecular weight excluding hydrogens is 260 g/mol. The van der Waals surface area contributed by atoms with Crippen molar-refractivity contribution in [3.63, 3.8) is 0 Å². The molecule has 0 bridgehead atoms. The highest BCUT2D eigenvalue weighted by Crippen LogP contribution is 2.16. The van der Waals surface area contributed by atoms with E-state index in [1.165, 1.54) is 12.5 Å². The SMILES string of the molecule is CC(CN)CNC(=O)CCc1nc(-c2ccoc2)no1. The molecule has 1 unspecified atom stereocenters. The molecule has 1 atom stereocenters. The van der Waals surface area contributed by atoms with E-state index >= 15 is 0 Å². The lowest BCUT2D eigenvalue weighted by Gasteiger charge is -2.09. The Balaban J connectivity index is 1.78. The van der Waals surface area contributed by atoms with Gasteiger partial charge >= 0.3 is 0 Å². The molecule has 2 aromatic rings. The van der Waals surface area contributed by atoms with Gasteiger partial charge in [-0.15, -0.1) is 0 Å². The third-order valence-electron chi connectivity index (χ3n) is 2.86. The summed E-state index contributed by atoms with van der Waals surface area (Å²) in [7, 11) is 0. The summed E-state index contributed by atoms with van der Waals surface area (Å²) in [6, 6.07) is 1.75. The molecule has 7 nitrogen and oxygen atoms in total. The van der Waals surface area contributed by atoms with Crippen LogP contribution < -0.4 is 11.1 Å². The number of nitrogens with one attached hydrogen (secondary N) is 1. The lowest BCUT2D eigenvalue weighted by Crippen LogP contribution is -2.31. The number of carbonyl (C=O) groups is 1. The molecule has 7 heteroatoms. The summed E-state index contributed by atoms with van der Waals surface area (Å²) < 4.78 is 10.0. The molecule has 0 aliphatic carbocycles. The number of furan rings is 1. The number of nitrogens with two attached hydrogens (primary N) is 1. The van der Waals surface area contributed by atoms with Crippen molar-refractivity contribution in [2.75, 3.05) is 13.1 Å². The predicted octanol–water partition coefficient (Wildman–Crippen LogP) is 0.973. The largest absolute Gasteiger partial charge is 0.472 e. The van der Waals surface area contributed by atoms with Crippen molar-refractivity contribution in [1.82, 2.24) is 15.5 Å². The Hall–Kier alpha value is -2.15. The van der Waals surface area contributed by atoms with E-state index in [4.69, 9.17) is 14.7 Å². The topological polar surface area (TPSA) is 107 Å². The summed E-state index contributed by atoms with van der Waals surface area (Å²) in [5.41, 5.74) is 6.23. The quantitative estimate of drug-likeness (QED) is 0.781. The molecule has 0 saturated carbocycles. The molecule has 0 spiro atoms. The Morgan fingerprint density at radius 3 is 3.10 bits per heavy atom. The maximum Gasteiger partial charge on any atom is 0.227 e. The van der Waals surface area contributed by atoms with E-state index in [2.05, 4.69) is 15.5 Å².